The summed E-state index contributed by atoms with van der Waals surface area (Å²) in [5, 5.41) is 0.686. The van der Waals surface area contributed by atoms with Gasteiger partial charge in [0.05, 0.1) is 10.6 Å². The highest BCUT2D eigenvalue weighted by atomic mass is 35.5. The molecule has 0 radical (unpaired) electrons. The molecule has 33 heavy (non-hydrogen) atoms. The van der Waals surface area contributed by atoms with Gasteiger partial charge in [0.15, 0.2) is 0 Å². The predicted octanol–water partition coefficient (Wildman–Crippen LogP) is 4.72. The van der Waals surface area contributed by atoms with Crippen molar-refractivity contribution in [1.82, 2.24) is 4.90 Å². The molecule has 0 saturated carbocycles. The van der Waals surface area contributed by atoms with E-state index in [1.165, 1.54) is 0 Å². The minimum atomic E-state index is -3.75. The number of benzene rings is 3. The van der Waals surface area contributed by atoms with Gasteiger partial charge in [-0.3, -0.25) is 9.52 Å². The van der Waals surface area contributed by atoms with Gasteiger partial charge in [0, 0.05) is 42.5 Å². The van der Waals surface area contributed by atoms with Crippen molar-refractivity contribution in [3.63, 3.8) is 0 Å². The summed E-state index contributed by atoms with van der Waals surface area (Å²) in [4.78, 5) is 17.3. The predicted molar refractivity (Wildman–Crippen MR) is 133 cm³/mol. The number of aryl methyl sites for hydroxylation is 2. The van der Waals surface area contributed by atoms with Crippen molar-refractivity contribution in [3.05, 3.63) is 88.4 Å². The molecular weight excluding hydrogens is 458 g/mol. The molecule has 4 rings (SSSR count). The molecule has 1 fully saturated rings. The molecule has 0 unspecified atom stereocenters. The van der Waals surface area contributed by atoms with Gasteiger partial charge in [-0.15, -0.1) is 0 Å². The van der Waals surface area contributed by atoms with Crippen LogP contribution in [-0.2, 0) is 10.0 Å². The third-order valence-corrected chi connectivity index (χ3v) is 7.42. The summed E-state index contributed by atoms with van der Waals surface area (Å²) in [7, 11) is -3.75. The number of nitrogens with one attached hydrogen (secondary N) is 1. The van der Waals surface area contributed by atoms with E-state index in [1.807, 2.05) is 38.1 Å². The van der Waals surface area contributed by atoms with E-state index in [9.17, 15) is 13.2 Å². The SMILES string of the molecule is Cc1ccc(S(=O)(=O)Nc2cc(C(=O)N3CCN(c4cccc(Cl)c4)CC3)ccc2C)cc1. The van der Waals surface area contributed by atoms with Crippen LogP contribution in [0.4, 0.5) is 11.4 Å². The Morgan fingerprint density at radius 3 is 2.27 bits per heavy atom. The summed E-state index contributed by atoms with van der Waals surface area (Å²) >= 11 is 6.10. The first-order valence-electron chi connectivity index (χ1n) is 10.7. The highest BCUT2D eigenvalue weighted by molar-refractivity contribution is 7.92. The number of hydrogen-bond donors (Lipinski definition) is 1. The van der Waals surface area contributed by atoms with Gasteiger partial charge in [0.2, 0.25) is 0 Å². The van der Waals surface area contributed by atoms with E-state index in [0.29, 0.717) is 42.5 Å². The average Bonchev–Trinajstić information content (AvgIpc) is 2.80. The fourth-order valence-electron chi connectivity index (χ4n) is 3.81. The first kappa shape index (κ1) is 23.1. The fourth-order valence-corrected chi connectivity index (χ4v) is 5.12. The molecule has 0 aliphatic carbocycles. The lowest BCUT2D eigenvalue weighted by Gasteiger charge is -2.36. The molecule has 1 heterocycles. The molecule has 3 aromatic rings. The second-order valence-electron chi connectivity index (χ2n) is 8.21. The van der Waals surface area contributed by atoms with Crippen LogP contribution in [0.5, 0.6) is 0 Å². The van der Waals surface area contributed by atoms with Gasteiger partial charge < -0.3 is 9.80 Å². The summed E-state index contributed by atoms with van der Waals surface area (Å²) < 4.78 is 28.3. The van der Waals surface area contributed by atoms with Crippen LogP contribution in [0.1, 0.15) is 21.5 Å². The maximum absolute atomic E-state index is 13.1. The van der Waals surface area contributed by atoms with Crippen LogP contribution in [0.25, 0.3) is 0 Å². The molecule has 0 spiro atoms. The molecule has 1 aliphatic heterocycles. The molecule has 1 amide bonds. The topological polar surface area (TPSA) is 69.7 Å². The van der Waals surface area contributed by atoms with E-state index in [-0.39, 0.29) is 10.8 Å². The number of piperazine rings is 1. The zero-order valence-electron chi connectivity index (χ0n) is 18.6. The van der Waals surface area contributed by atoms with E-state index < -0.39 is 10.0 Å². The monoisotopic (exact) mass is 483 g/mol. The van der Waals surface area contributed by atoms with Crippen molar-refractivity contribution in [3.8, 4) is 0 Å². The molecular formula is C25H26ClN3O3S. The summed E-state index contributed by atoms with van der Waals surface area (Å²) in [6, 6.07) is 19.5. The van der Waals surface area contributed by atoms with Gasteiger partial charge in [-0.2, -0.15) is 0 Å². The third kappa shape index (κ3) is 5.31. The number of carbonyl (C=O) groups excluding carboxylic acids is 1. The number of sulfonamides is 1. The average molecular weight is 484 g/mol. The van der Waals surface area contributed by atoms with Crippen LogP contribution in [0.2, 0.25) is 5.02 Å². The van der Waals surface area contributed by atoms with E-state index >= 15 is 0 Å². The summed E-state index contributed by atoms with van der Waals surface area (Å²) in [5.41, 5.74) is 3.62. The van der Waals surface area contributed by atoms with Crippen molar-refractivity contribution in [2.45, 2.75) is 18.7 Å². The number of carbonyl (C=O) groups is 1. The van der Waals surface area contributed by atoms with Crippen LogP contribution in [-0.4, -0.2) is 45.4 Å². The van der Waals surface area contributed by atoms with Crippen LogP contribution in [0.15, 0.2) is 71.6 Å². The van der Waals surface area contributed by atoms with Gasteiger partial charge in [0.25, 0.3) is 15.9 Å². The lowest BCUT2D eigenvalue weighted by atomic mass is 10.1. The molecule has 1 aliphatic rings. The minimum Gasteiger partial charge on any atom is -0.368 e. The number of anilines is 2. The lowest BCUT2D eigenvalue weighted by molar-refractivity contribution is 0.0747. The minimum absolute atomic E-state index is 0.114. The highest BCUT2D eigenvalue weighted by Crippen LogP contribution is 2.24. The van der Waals surface area contributed by atoms with Gasteiger partial charge in [-0.1, -0.05) is 41.4 Å². The van der Waals surface area contributed by atoms with Crippen molar-refractivity contribution in [2.24, 2.45) is 0 Å². The molecule has 0 bridgehead atoms. The Bertz CT molecular complexity index is 1270. The number of amides is 1. The van der Waals surface area contributed by atoms with Gasteiger partial charge in [0.1, 0.15) is 0 Å². The second-order valence-corrected chi connectivity index (χ2v) is 10.3. The number of halogens is 1. The van der Waals surface area contributed by atoms with Crippen LogP contribution in [0.3, 0.4) is 0 Å². The van der Waals surface area contributed by atoms with Crippen molar-refractivity contribution >= 4 is 38.9 Å². The summed E-state index contributed by atoms with van der Waals surface area (Å²) in [6.45, 7) is 6.26. The third-order valence-electron chi connectivity index (χ3n) is 5.80. The molecule has 1 N–H and O–H groups in total. The van der Waals surface area contributed by atoms with Crippen LogP contribution >= 0.6 is 11.6 Å². The standard InChI is InChI=1S/C25H26ClN3O3S/c1-18-6-10-23(11-7-18)33(31,32)27-24-16-20(9-8-19(24)2)25(30)29-14-12-28(13-15-29)22-5-3-4-21(26)17-22/h3-11,16-17,27H,12-15H2,1-2H3. The van der Waals surface area contributed by atoms with E-state index in [0.717, 1.165) is 16.8 Å². The maximum Gasteiger partial charge on any atom is 0.261 e. The van der Waals surface area contributed by atoms with Crippen LogP contribution < -0.4 is 9.62 Å². The van der Waals surface area contributed by atoms with E-state index in [1.54, 1.807) is 47.4 Å². The normalized spacial score (nSPS) is 14.3. The molecule has 0 aromatic heterocycles. The molecule has 172 valence electrons. The Balaban J connectivity index is 1.47. The summed E-state index contributed by atoms with van der Waals surface area (Å²) in [6.07, 6.45) is 0. The smallest absolute Gasteiger partial charge is 0.261 e. The first-order chi connectivity index (χ1) is 15.7. The number of nitrogens with zero attached hydrogens (tertiary/aromatic N) is 2. The molecule has 0 atom stereocenters. The molecule has 6 nitrogen and oxygen atoms in total. The van der Waals surface area contributed by atoms with Crippen molar-refractivity contribution in [1.29, 1.82) is 0 Å². The zero-order chi connectivity index (χ0) is 23.6. The molecule has 1 saturated heterocycles. The Morgan fingerprint density at radius 2 is 1.61 bits per heavy atom. The van der Waals surface area contributed by atoms with E-state index in [2.05, 4.69) is 9.62 Å². The van der Waals surface area contributed by atoms with Crippen molar-refractivity contribution < 1.29 is 13.2 Å². The first-order valence-corrected chi connectivity index (χ1v) is 12.6. The van der Waals surface area contributed by atoms with Gasteiger partial charge in [-0.25, -0.2) is 8.42 Å². The number of hydrogen-bond acceptors (Lipinski definition) is 4. The largest absolute Gasteiger partial charge is 0.368 e. The maximum atomic E-state index is 13.1. The Morgan fingerprint density at radius 1 is 0.909 bits per heavy atom. The fraction of sp³-hybridized carbons (Fsp3) is 0.240. The lowest BCUT2D eigenvalue weighted by Crippen LogP contribution is -2.48. The van der Waals surface area contributed by atoms with Gasteiger partial charge >= 0.3 is 0 Å². The quantitative estimate of drug-likeness (QED) is 0.570. The molecule has 3 aromatic carbocycles. The molecule has 8 heteroatoms. The summed E-state index contributed by atoms with van der Waals surface area (Å²) in [5.74, 6) is -0.114. The Hall–Kier alpha value is -3.03. The number of rotatable bonds is 5. The van der Waals surface area contributed by atoms with Crippen LogP contribution in [0, 0.1) is 13.8 Å². The Kier molecular flexibility index (Phi) is 6.63. The highest BCUT2D eigenvalue weighted by Gasteiger charge is 2.23. The Labute approximate surface area is 199 Å². The van der Waals surface area contributed by atoms with Gasteiger partial charge in [-0.05, 0) is 61.9 Å². The zero-order valence-corrected chi connectivity index (χ0v) is 20.2. The second kappa shape index (κ2) is 9.45. The van der Waals surface area contributed by atoms with Crippen molar-refractivity contribution in [2.75, 3.05) is 35.8 Å². The van der Waals surface area contributed by atoms with E-state index in [4.69, 9.17) is 11.6 Å².